The van der Waals surface area contributed by atoms with Crippen molar-refractivity contribution in [3.05, 3.63) is 29.8 Å². The second kappa shape index (κ2) is 10.5. The summed E-state index contributed by atoms with van der Waals surface area (Å²) in [6, 6.07) is 8.35. The Bertz CT molecular complexity index is 448. The molecule has 1 amide bonds. The number of carbonyl (C=O) groups excluding carboxylic acids is 1. The first kappa shape index (κ1) is 18.8. The molecule has 1 saturated heterocycles. The van der Waals surface area contributed by atoms with Crippen molar-refractivity contribution in [2.75, 3.05) is 26.2 Å². The van der Waals surface area contributed by atoms with Gasteiger partial charge in [-0.25, -0.2) is 0 Å². The van der Waals surface area contributed by atoms with Crippen molar-refractivity contribution in [1.29, 1.82) is 0 Å². The molecular weight excluding hydrogens is 300 g/mol. The van der Waals surface area contributed by atoms with Gasteiger partial charge in [-0.2, -0.15) is 0 Å². The molecule has 1 aromatic carbocycles. The van der Waals surface area contributed by atoms with Gasteiger partial charge in [-0.3, -0.25) is 9.69 Å². The molecule has 0 saturated carbocycles. The van der Waals surface area contributed by atoms with Crippen LogP contribution in [0.3, 0.4) is 0 Å². The highest BCUT2D eigenvalue weighted by Gasteiger charge is 2.10. The van der Waals surface area contributed by atoms with Gasteiger partial charge in [-0.15, -0.1) is 12.4 Å². The third-order valence-corrected chi connectivity index (χ3v) is 3.72. The summed E-state index contributed by atoms with van der Waals surface area (Å²) in [7, 11) is 0. The SMILES string of the molecule is CC(=O)NCCCOc1cccc(CN2CCCCC2)c1.Cl. The van der Waals surface area contributed by atoms with Gasteiger partial charge in [0.05, 0.1) is 6.61 Å². The maximum absolute atomic E-state index is 10.8. The molecule has 1 heterocycles. The molecule has 4 nitrogen and oxygen atoms in total. The minimum Gasteiger partial charge on any atom is -0.494 e. The predicted molar refractivity (Wildman–Crippen MR) is 91.6 cm³/mol. The van der Waals surface area contributed by atoms with Crippen molar-refractivity contribution >= 4 is 18.3 Å². The van der Waals surface area contributed by atoms with Gasteiger partial charge in [0.1, 0.15) is 5.75 Å². The van der Waals surface area contributed by atoms with E-state index in [9.17, 15) is 4.79 Å². The Labute approximate surface area is 139 Å². The average Bonchev–Trinajstić information content (AvgIpc) is 2.48. The highest BCUT2D eigenvalue weighted by molar-refractivity contribution is 5.85. The summed E-state index contributed by atoms with van der Waals surface area (Å²) in [6.07, 6.45) is 4.84. The van der Waals surface area contributed by atoms with E-state index in [1.54, 1.807) is 0 Å². The molecule has 1 aromatic rings. The molecule has 1 aliphatic heterocycles. The standard InChI is InChI=1S/C17H26N2O2.ClH/c1-15(20)18-9-6-12-21-17-8-5-7-16(13-17)14-19-10-3-2-4-11-19;/h5,7-8,13H,2-4,6,9-12,14H2,1H3,(H,18,20);1H. The normalized spacial score (nSPS) is 15.0. The third-order valence-electron chi connectivity index (χ3n) is 3.72. The van der Waals surface area contributed by atoms with Crippen LogP contribution in [0.5, 0.6) is 5.75 Å². The van der Waals surface area contributed by atoms with Gasteiger partial charge in [-0.05, 0) is 50.0 Å². The van der Waals surface area contributed by atoms with Crippen molar-refractivity contribution < 1.29 is 9.53 Å². The van der Waals surface area contributed by atoms with Gasteiger partial charge < -0.3 is 10.1 Å². The average molecular weight is 327 g/mol. The summed E-state index contributed by atoms with van der Waals surface area (Å²) in [5.41, 5.74) is 1.32. The number of nitrogens with one attached hydrogen (secondary N) is 1. The molecule has 0 unspecified atom stereocenters. The van der Waals surface area contributed by atoms with Crippen molar-refractivity contribution in [3.63, 3.8) is 0 Å². The maximum Gasteiger partial charge on any atom is 0.216 e. The number of amides is 1. The smallest absolute Gasteiger partial charge is 0.216 e. The van der Waals surface area contributed by atoms with E-state index < -0.39 is 0 Å². The highest BCUT2D eigenvalue weighted by Crippen LogP contribution is 2.17. The van der Waals surface area contributed by atoms with Crippen molar-refractivity contribution in [1.82, 2.24) is 10.2 Å². The summed E-state index contributed by atoms with van der Waals surface area (Å²) < 4.78 is 5.75. The fourth-order valence-corrected chi connectivity index (χ4v) is 2.64. The molecule has 0 bridgehead atoms. The molecule has 5 heteroatoms. The molecule has 0 aliphatic carbocycles. The lowest BCUT2D eigenvalue weighted by atomic mass is 10.1. The molecular formula is C17H27ClN2O2. The highest BCUT2D eigenvalue weighted by atomic mass is 35.5. The van der Waals surface area contributed by atoms with Crippen LogP contribution in [0.25, 0.3) is 0 Å². The van der Waals surface area contributed by atoms with Crippen LogP contribution in [0.4, 0.5) is 0 Å². The van der Waals surface area contributed by atoms with Crippen molar-refractivity contribution in [2.24, 2.45) is 0 Å². The Hall–Kier alpha value is -1.26. The van der Waals surface area contributed by atoms with Crippen molar-refractivity contribution in [2.45, 2.75) is 39.2 Å². The lowest BCUT2D eigenvalue weighted by molar-refractivity contribution is -0.118. The zero-order valence-corrected chi connectivity index (χ0v) is 14.2. The molecule has 0 spiro atoms. The van der Waals surface area contributed by atoms with E-state index in [1.807, 2.05) is 6.07 Å². The minimum atomic E-state index is 0. The molecule has 1 fully saturated rings. The van der Waals surface area contributed by atoms with Crippen LogP contribution in [-0.4, -0.2) is 37.0 Å². The van der Waals surface area contributed by atoms with Crippen LogP contribution >= 0.6 is 12.4 Å². The van der Waals surface area contributed by atoms with Gasteiger partial charge in [0, 0.05) is 20.0 Å². The number of rotatable bonds is 7. The van der Waals surface area contributed by atoms with Gasteiger partial charge in [-0.1, -0.05) is 18.6 Å². The van der Waals surface area contributed by atoms with Gasteiger partial charge in [0.25, 0.3) is 0 Å². The number of benzene rings is 1. The summed E-state index contributed by atoms with van der Waals surface area (Å²) in [4.78, 5) is 13.3. The first-order chi connectivity index (χ1) is 10.2. The van der Waals surface area contributed by atoms with Crippen LogP contribution in [0.15, 0.2) is 24.3 Å². The number of ether oxygens (including phenoxy) is 1. The van der Waals surface area contributed by atoms with Crippen LogP contribution in [0, 0.1) is 0 Å². The number of carbonyl (C=O) groups is 1. The molecule has 0 radical (unpaired) electrons. The van der Waals surface area contributed by atoms with E-state index in [2.05, 4.69) is 28.4 Å². The summed E-state index contributed by atoms with van der Waals surface area (Å²) in [6.45, 7) is 6.27. The lowest BCUT2D eigenvalue weighted by Gasteiger charge is -2.26. The number of piperidine rings is 1. The predicted octanol–water partition coefficient (Wildman–Crippen LogP) is 3.00. The first-order valence-electron chi connectivity index (χ1n) is 7.92. The second-order valence-corrected chi connectivity index (χ2v) is 5.67. The fraction of sp³-hybridized carbons (Fsp3) is 0.588. The summed E-state index contributed by atoms with van der Waals surface area (Å²) in [5, 5.41) is 2.77. The number of nitrogens with zero attached hydrogens (tertiary/aromatic N) is 1. The van der Waals surface area contributed by atoms with Crippen LogP contribution < -0.4 is 10.1 Å². The zero-order chi connectivity index (χ0) is 14.9. The van der Waals surface area contributed by atoms with E-state index in [1.165, 1.54) is 44.8 Å². The monoisotopic (exact) mass is 326 g/mol. The maximum atomic E-state index is 10.8. The molecule has 0 aromatic heterocycles. The number of halogens is 1. The number of likely N-dealkylation sites (tertiary alicyclic amines) is 1. The molecule has 2 rings (SSSR count). The summed E-state index contributed by atoms with van der Waals surface area (Å²) >= 11 is 0. The first-order valence-corrected chi connectivity index (χ1v) is 7.92. The summed E-state index contributed by atoms with van der Waals surface area (Å²) in [5.74, 6) is 0.936. The molecule has 0 atom stereocenters. The minimum absolute atomic E-state index is 0. The Morgan fingerprint density at radius 1 is 1.27 bits per heavy atom. The number of hydrogen-bond acceptors (Lipinski definition) is 3. The quantitative estimate of drug-likeness (QED) is 0.783. The Balaban J connectivity index is 0.00000242. The Morgan fingerprint density at radius 3 is 2.77 bits per heavy atom. The van der Waals surface area contributed by atoms with E-state index in [4.69, 9.17) is 4.74 Å². The molecule has 22 heavy (non-hydrogen) atoms. The van der Waals surface area contributed by atoms with Gasteiger partial charge in [0.2, 0.25) is 5.91 Å². The lowest BCUT2D eigenvalue weighted by Crippen LogP contribution is -2.29. The van der Waals surface area contributed by atoms with Gasteiger partial charge >= 0.3 is 0 Å². The third kappa shape index (κ3) is 7.14. The van der Waals surface area contributed by atoms with E-state index in [0.29, 0.717) is 13.2 Å². The van der Waals surface area contributed by atoms with Crippen LogP contribution in [0.1, 0.15) is 38.2 Å². The molecule has 1 aliphatic rings. The van der Waals surface area contributed by atoms with E-state index in [-0.39, 0.29) is 18.3 Å². The van der Waals surface area contributed by atoms with Crippen LogP contribution in [0.2, 0.25) is 0 Å². The fourth-order valence-electron chi connectivity index (χ4n) is 2.64. The van der Waals surface area contributed by atoms with Crippen LogP contribution in [-0.2, 0) is 11.3 Å². The molecule has 124 valence electrons. The topological polar surface area (TPSA) is 41.6 Å². The van der Waals surface area contributed by atoms with E-state index in [0.717, 1.165) is 18.7 Å². The Morgan fingerprint density at radius 2 is 2.05 bits per heavy atom. The van der Waals surface area contributed by atoms with Crippen molar-refractivity contribution in [3.8, 4) is 5.75 Å². The zero-order valence-electron chi connectivity index (χ0n) is 13.3. The van der Waals surface area contributed by atoms with E-state index >= 15 is 0 Å². The largest absolute Gasteiger partial charge is 0.494 e. The van der Waals surface area contributed by atoms with Gasteiger partial charge in [0.15, 0.2) is 0 Å². The molecule has 1 N–H and O–H groups in total. The number of hydrogen-bond donors (Lipinski definition) is 1. The Kier molecular flexibility index (Phi) is 8.94. The second-order valence-electron chi connectivity index (χ2n) is 5.67.